The zero-order valence-corrected chi connectivity index (χ0v) is 11.5. The highest BCUT2D eigenvalue weighted by molar-refractivity contribution is 5.94. The summed E-state index contributed by atoms with van der Waals surface area (Å²) in [7, 11) is 0. The molecule has 0 aliphatic rings. The predicted octanol–water partition coefficient (Wildman–Crippen LogP) is 0.555. The highest BCUT2D eigenvalue weighted by atomic mass is 19.1. The van der Waals surface area contributed by atoms with Crippen LogP contribution in [0.3, 0.4) is 0 Å². The molecule has 0 aliphatic heterocycles. The summed E-state index contributed by atoms with van der Waals surface area (Å²) >= 11 is 0. The average molecular weight is 292 g/mol. The molecule has 0 spiro atoms. The van der Waals surface area contributed by atoms with E-state index in [1.807, 2.05) is 0 Å². The first kappa shape index (κ1) is 16.7. The van der Waals surface area contributed by atoms with Crippen LogP contribution in [0.25, 0.3) is 0 Å². The molecule has 1 aromatic rings. The van der Waals surface area contributed by atoms with Crippen molar-refractivity contribution in [1.29, 1.82) is 0 Å². The standard InChI is InChI=1S/C15H17FN2O3/c16-13-10-12(7-6-11(13)4-3-9-19)15(21)18-8-2-1-5-14(17)20/h6-7,10,19H,1-2,5,8-9H2,(H2,17,20)(H,18,21). The van der Waals surface area contributed by atoms with Crippen molar-refractivity contribution in [2.45, 2.75) is 19.3 Å². The Kier molecular flexibility index (Phi) is 6.92. The number of nitrogens with one attached hydrogen (secondary N) is 1. The molecule has 0 saturated heterocycles. The lowest BCUT2D eigenvalue weighted by Crippen LogP contribution is -2.24. The summed E-state index contributed by atoms with van der Waals surface area (Å²) in [6, 6.07) is 3.95. The van der Waals surface area contributed by atoms with Crippen molar-refractivity contribution in [3.8, 4) is 11.8 Å². The second-order valence-electron chi connectivity index (χ2n) is 4.33. The molecule has 5 nitrogen and oxygen atoms in total. The number of hydrogen-bond donors (Lipinski definition) is 3. The second kappa shape index (κ2) is 8.72. The maximum Gasteiger partial charge on any atom is 0.251 e. The Labute approximate surface area is 122 Å². The van der Waals surface area contributed by atoms with E-state index in [4.69, 9.17) is 10.8 Å². The zero-order valence-electron chi connectivity index (χ0n) is 11.5. The van der Waals surface area contributed by atoms with Crippen LogP contribution in [0.1, 0.15) is 35.2 Å². The Morgan fingerprint density at radius 3 is 2.71 bits per heavy atom. The van der Waals surface area contributed by atoms with E-state index in [0.29, 0.717) is 19.4 Å². The van der Waals surface area contributed by atoms with Crippen LogP contribution in [-0.2, 0) is 4.79 Å². The van der Waals surface area contributed by atoms with Crippen LogP contribution >= 0.6 is 0 Å². The van der Waals surface area contributed by atoms with Crippen molar-refractivity contribution in [3.63, 3.8) is 0 Å². The molecule has 0 aliphatic carbocycles. The first-order valence-corrected chi connectivity index (χ1v) is 6.50. The molecule has 21 heavy (non-hydrogen) atoms. The van der Waals surface area contributed by atoms with E-state index in [1.54, 1.807) is 0 Å². The monoisotopic (exact) mass is 292 g/mol. The minimum absolute atomic E-state index is 0.127. The lowest BCUT2D eigenvalue weighted by atomic mass is 10.1. The molecule has 0 fully saturated rings. The van der Waals surface area contributed by atoms with Crippen molar-refractivity contribution in [2.75, 3.05) is 13.2 Å². The summed E-state index contributed by atoms with van der Waals surface area (Å²) in [6.07, 6.45) is 1.50. The number of halogens is 1. The van der Waals surface area contributed by atoms with E-state index in [0.717, 1.165) is 6.07 Å². The van der Waals surface area contributed by atoms with Crippen molar-refractivity contribution in [2.24, 2.45) is 5.73 Å². The van der Waals surface area contributed by atoms with Gasteiger partial charge in [0.25, 0.3) is 5.91 Å². The van der Waals surface area contributed by atoms with Crippen LogP contribution < -0.4 is 11.1 Å². The van der Waals surface area contributed by atoms with Gasteiger partial charge < -0.3 is 16.2 Å². The lowest BCUT2D eigenvalue weighted by molar-refractivity contribution is -0.118. The molecule has 1 aromatic carbocycles. The zero-order chi connectivity index (χ0) is 15.7. The maximum absolute atomic E-state index is 13.7. The highest BCUT2D eigenvalue weighted by Crippen LogP contribution is 2.09. The molecule has 4 N–H and O–H groups in total. The van der Waals surface area contributed by atoms with Crippen molar-refractivity contribution >= 4 is 11.8 Å². The molecule has 112 valence electrons. The van der Waals surface area contributed by atoms with E-state index in [1.165, 1.54) is 12.1 Å². The van der Waals surface area contributed by atoms with Crippen LogP contribution in [0.2, 0.25) is 0 Å². The SMILES string of the molecule is NC(=O)CCCCNC(=O)c1ccc(C#CCO)c(F)c1. The molecule has 0 bridgehead atoms. The molecular weight excluding hydrogens is 275 g/mol. The number of carbonyl (C=O) groups excluding carboxylic acids is 2. The third-order valence-electron chi connectivity index (χ3n) is 2.67. The first-order valence-electron chi connectivity index (χ1n) is 6.50. The summed E-state index contributed by atoms with van der Waals surface area (Å²) < 4.78 is 13.7. The predicted molar refractivity (Wildman–Crippen MR) is 75.7 cm³/mol. The Balaban J connectivity index is 2.51. The minimum Gasteiger partial charge on any atom is -0.384 e. The van der Waals surface area contributed by atoms with E-state index >= 15 is 0 Å². The largest absolute Gasteiger partial charge is 0.384 e. The van der Waals surface area contributed by atoms with Gasteiger partial charge in [0.05, 0.1) is 5.56 Å². The smallest absolute Gasteiger partial charge is 0.251 e. The van der Waals surface area contributed by atoms with E-state index in [2.05, 4.69) is 17.2 Å². The third-order valence-corrected chi connectivity index (χ3v) is 2.67. The molecule has 0 atom stereocenters. The molecule has 0 heterocycles. The Morgan fingerprint density at radius 1 is 1.33 bits per heavy atom. The van der Waals surface area contributed by atoms with Gasteiger partial charge in [-0.05, 0) is 31.0 Å². The molecule has 0 radical (unpaired) electrons. The number of primary amides is 1. The number of rotatable bonds is 6. The van der Waals surface area contributed by atoms with Gasteiger partial charge in [-0.15, -0.1) is 0 Å². The molecule has 0 aromatic heterocycles. The number of amides is 2. The maximum atomic E-state index is 13.7. The van der Waals surface area contributed by atoms with Crippen LogP contribution in [-0.4, -0.2) is 30.1 Å². The quantitative estimate of drug-likeness (QED) is 0.528. The molecule has 6 heteroatoms. The van der Waals surface area contributed by atoms with Gasteiger partial charge in [0.15, 0.2) is 0 Å². The second-order valence-corrected chi connectivity index (χ2v) is 4.33. The van der Waals surface area contributed by atoms with Gasteiger partial charge in [0, 0.05) is 18.5 Å². The average Bonchev–Trinajstić information content (AvgIpc) is 2.45. The van der Waals surface area contributed by atoms with Gasteiger partial charge in [-0.1, -0.05) is 11.8 Å². The van der Waals surface area contributed by atoms with Crippen molar-refractivity contribution in [3.05, 3.63) is 35.1 Å². The van der Waals surface area contributed by atoms with Gasteiger partial charge >= 0.3 is 0 Å². The van der Waals surface area contributed by atoms with Gasteiger partial charge in [-0.2, -0.15) is 0 Å². The number of benzene rings is 1. The number of aliphatic hydroxyl groups excluding tert-OH is 1. The third kappa shape index (κ3) is 6.06. The van der Waals surface area contributed by atoms with Crippen molar-refractivity contribution in [1.82, 2.24) is 5.32 Å². The van der Waals surface area contributed by atoms with Gasteiger partial charge in [0.2, 0.25) is 5.91 Å². The lowest BCUT2D eigenvalue weighted by Gasteiger charge is -2.05. The van der Waals surface area contributed by atoms with Crippen LogP contribution in [0, 0.1) is 17.7 Å². The number of carbonyl (C=O) groups is 2. The van der Waals surface area contributed by atoms with Gasteiger partial charge in [0.1, 0.15) is 12.4 Å². The minimum atomic E-state index is -0.614. The number of unbranched alkanes of at least 4 members (excludes halogenated alkanes) is 1. The Hall–Kier alpha value is -2.39. The fraction of sp³-hybridized carbons (Fsp3) is 0.333. The van der Waals surface area contributed by atoms with Crippen molar-refractivity contribution < 1.29 is 19.1 Å². The Morgan fingerprint density at radius 2 is 2.10 bits per heavy atom. The molecular formula is C15H17FN2O3. The number of hydrogen-bond acceptors (Lipinski definition) is 3. The van der Waals surface area contributed by atoms with Crippen LogP contribution in [0.15, 0.2) is 18.2 Å². The summed E-state index contributed by atoms with van der Waals surface area (Å²) in [6.45, 7) is 0.0345. The molecule has 2 amide bonds. The Bertz CT molecular complexity index is 576. The van der Waals surface area contributed by atoms with Crippen LogP contribution in [0.4, 0.5) is 4.39 Å². The summed E-state index contributed by atoms with van der Waals surface area (Å²) in [5.74, 6) is 3.41. The van der Waals surface area contributed by atoms with Gasteiger partial charge in [-0.3, -0.25) is 9.59 Å². The van der Waals surface area contributed by atoms with Gasteiger partial charge in [-0.25, -0.2) is 4.39 Å². The molecule has 0 saturated carbocycles. The summed E-state index contributed by atoms with van der Waals surface area (Å²) in [4.78, 5) is 22.3. The molecule has 0 unspecified atom stereocenters. The fourth-order valence-electron chi connectivity index (χ4n) is 1.62. The van der Waals surface area contributed by atoms with Crippen LogP contribution in [0.5, 0.6) is 0 Å². The summed E-state index contributed by atoms with van der Waals surface area (Å²) in [5, 5.41) is 11.2. The highest BCUT2D eigenvalue weighted by Gasteiger charge is 2.08. The van der Waals surface area contributed by atoms with E-state index in [9.17, 15) is 14.0 Å². The molecule has 1 rings (SSSR count). The fourth-order valence-corrected chi connectivity index (χ4v) is 1.62. The summed E-state index contributed by atoms with van der Waals surface area (Å²) in [5.41, 5.74) is 5.31. The van der Waals surface area contributed by atoms with E-state index in [-0.39, 0.29) is 30.1 Å². The number of aliphatic hydroxyl groups is 1. The van der Waals surface area contributed by atoms with E-state index < -0.39 is 11.7 Å². The number of nitrogens with two attached hydrogens (primary N) is 1. The normalized spacial score (nSPS) is 9.62. The topological polar surface area (TPSA) is 92.4 Å². The first-order chi connectivity index (χ1) is 10.0.